The second-order valence-corrected chi connectivity index (χ2v) is 8.90. The first-order valence-corrected chi connectivity index (χ1v) is 12.2. The molecule has 9 nitrogen and oxygen atoms in total. The van der Waals surface area contributed by atoms with Gasteiger partial charge in [-0.1, -0.05) is 12.1 Å². The van der Waals surface area contributed by atoms with Crippen LogP contribution in [0.15, 0.2) is 61.1 Å². The summed E-state index contributed by atoms with van der Waals surface area (Å²) in [7, 11) is 1.62. The van der Waals surface area contributed by atoms with Gasteiger partial charge in [0.25, 0.3) is 6.43 Å². The minimum atomic E-state index is -2.74. The highest BCUT2D eigenvalue weighted by Gasteiger charge is 2.20. The number of nitrogens with one attached hydrogen (secondary N) is 1. The minimum Gasteiger partial charge on any atom is -0.497 e. The molecule has 1 fully saturated rings. The smallest absolute Gasteiger partial charge is 0.281 e. The van der Waals surface area contributed by atoms with Crippen LogP contribution in [0.25, 0.3) is 27.8 Å². The van der Waals surface area contributed by atoms with Crippen LogP contribution in [0.2, 0.25) is 0 Å². The molecular weight excluding hydrogens is 492 g/mol. The molecule has 4 aromatic heterocycles. The Morgan fingerprint density at radius 2 is 1.84 bits per heavy atom. The number of hydrogen-bond donors (Lipinski definition) is 1. The molecule has 5 aromatic rings. The summed E-state index contributed by atoms with van der Waals surface area (Å²) in [6, 6.07) is 13.3. The first-order valence-electron chi connectivity index (χ1n) is 12.2. The van der Waals surface area contributed by atoms with E-state index in [4.69, 9.17) is 9.47 Å². The molecule has 0 aliphatic carbocycles. The zero-order valence-electron chi connectivity index (χ0n) is 20.6. The summed E-state index contributed by atoms with van der Waals surface area (Å²) in [6.45, 7) is 3.46. The van der Waals surface area contributed by atoms with Crippen LogP contribution in [0.5, 0.6) is 5.75 Å². The van der Waals surface area contributed by atoms with Crippen LogP contribution >= 0.6 is 0 Å². The summed E-state index contributed by atoms with van der Waals surface area (Å²) in [5.41, 5.74) is 2.92. The van der Waals surface area contributed by atoms with Crippen LogP contribution in [-0.4, -0.2) is 58.0 Å². The van der Waals surface area contributed by atoms with Crippen molar-refractivity contribution in [3.63, 3.8) is 0 Å². The second-order valence-electron chi connectivity index (χ2n) is 8.90. The van der Waals surface area contributed by atoms with Crippen molar-refractivity contribution in [1.29, 1.82) is 0 Å². The van der Waals surface area contributed by atoms with Crippen LogP contribution in [0.3, 0.4) is 0 Å². The quantitative estimate of drug-likeness (QED) is 0.331. The standard InChI is InChI=1S/C27H25F2N7O2/c1-37-19-5-2-17(3-6-19)13-30-23-12-20-21(14-31-23)25(26(28)29)32-15-22(20)27-33-24-7-4-18(16-36(24)34-27)35-8-10-38-11-9-35/h2-7,12,14-16,26H,8-11,13H2,1H3,(H,30,31). The zero-order chi connectivity index (χ0) is 26.1. The summed E-state index contributed by atoms with van der Waals surface area (Å²) in [5.74, 6) is 1.71. The van der Waals surface area contributed by atoms with E-state index < -0.39 is 6.43 Å². The van der Waals surface area contributed by atoms with Gasteiger partial charge < -0.3 is 19.7 Å². The number of hydrogen-bond acceptors (Lipinski definition) is 8. The van der Waals surface area contributed by atoms with Gasteiger partial charge in [0.1, 0.15) is 17.3 Å². The van der Waals surface area contributed by atoms with Crippen molar-refractivity contribution in [2.75, 3.05) is 43.6 Å². The number of pyridine rings is 3. The van der Waals surface area contributed by atoms with Crippen LogP contribution in [0, 0.1) is 0 Å². The number of alkyl halides is 2. The number of anilines is 2. The minimum absolute atomic E-state index is 0.264. The predicted octanol–water partition coefficient (Wildman–Crippen LogP) is 4.73. The molecular formula is C27H25F2N7O2. The summed E-state index contributed by atoms with van der Waals surface area (Å²) < 4.78 is 39.9. The first-order chi connectivity index (χ1) is 18.6. The third-order valence-corrected chi connectivity index (χ3v) is 6.57. The van der Waals surface area contributed by atoms with Gasteiger partial charge in [0, 0.05) is 48.4 Å². The lowest BCUT2D eigenvalue weighted by Gasteiger charge is -2.28. The molecule has 11 heteroatoms. The summed E-state index contributed by atoms with van der Waals surface area (Å²) in [6.07, 6.45) is 2.02. The van der Waals surface area contributed by atoms with E-state index in [1.54, 1.807) is 17.7 Å². The second kappa shape index (κ2) is 10.2. The first kappa shape index (κ1) is 24.0. The van der Waals surface area contributed by atoms with E-state index in [2.05, 4.69) is 30.3 Å². The third kappa shape index (κ3) is 4.68. The highest BCUT2D eigenvalue weighted by Crippen LogP contribution is 2.33. The zero-order valence-corrected chi connectivity index (χ0v) is 20.6. The van der Waals surface area contributed by atoms with Crippen LogP contribution in [0.1, 0.15) is 17.7 Å². The fourth-order valence-electron chi connectivity index (χ4n) is 4.54. The van der Waals surface area contributed by atoms with Gasteiger partial charge in [-0.15, -0.1) is 5.10 Å². The molecule has 0 atom stereocenters. The van der Waals surface area contributed by atoms with Crippen molar-refractivity contribution in [2.45, 2.75) is 13.0 Å². The van der Waals surface area contributed by atoms with Gasteiger partial charge >= 0.3 is 0 Å². The van der Waals surface area contributed by atoms with Gasteiger partial charge in [0.15, 0.2) is 11.5 Å². The Balaban J connectivity index is 1.36. The number of halogens is 2. The lowest BCUT2D eigenvalue weighted by Crippen LogP contribution is -2.36. The Labute approximate surface area is 217 Å². The third-order valence-electron chi connectivity index (χ3n) is 6.57. The number of morpholine rings is 1. The average Bonchev–Trinajstić information content (AvgIpc) is 3.39. The van der Waals surface area contributed by atoms with E-state index in [1.165, 1.54) is 12.4 Å². The SMILES string of the molecule is COc1ccc(CNc2cc3c(-c4nc5ccc(N6CCOCC6)cn5n4)cnc(C(F)F)c3cn2)cc1. The van der Waals surface area contributed by atoms with Gasteiger partial charge in [0.2, 0.25) is 0 Å². The van der Waals surface area contributed by atoms with Crippen LogP contribution in [0.4, 0.5) is 20.3 Å². The van der Waals surface area contributed by atoms with Gasteiger partial charge in [-0.25, -0.2) is 23.3 Å². The maximum absolute atomic E-state index is 13.8. The van der Waals surface area contributed by atoms with Gasteiger partial charge in [-0.2, -0.15) is 0 Å². The molecule has 6 rings (SSSR count). The van der Waals surface area contributed by atoms with Crippen molar-refractivity contribution >= 4 is 27.9 Å². The Morgan fingerprint density at radius 3 is 2.61 bits per heavy atom. The number of ether oxygens (including phenoxy) is 2. The molecule has 5 heterocycles. The Kier molecular flexibility index (Phi) is 6.42. The van der Waals surface area contributed by atoms with Crippen molar-refractivity contribution in [1.82, 2.24) is 24.6 Å². The van der Waals surface area contributed by atoms with E-state index in [0.717, 1.165) is 30.1 Å². The predicted molar refractivity (Wildman–Crippen MR) is 140 cm³/mol. The van der Waals surface area contributed by atoms with Crippen LogP contribution < -0.4 is 15.0 Å². The molecule has 0 bridgehead atoms. The van der Waals surface area contributed by atoms with Gasteiger partial charge in [-0.05, 0) is 35.9 Å². The maximum atomic E-state index is 13.8. The highest BCUT2D eigenvalue weighted by molar-refractivity contribution is 5.97. The number of aromatic nitrogens is 5. The van der Waals surface area contributed by atoms with E-state index in [1.807, 2.05) is 42.6 Å². The van der Waals surface area contributed by atoms with E-state index >= 15 is 0 Å². The normalized spacial score (nSPS) is 13.9. The molecule has 0 radical (unpaired) electrons. The van der Waals surface area contributed by atoms with E-state index in [9.17, 15) is 8.78 Å². The average molecular weight is 518 g/mol. The van der Waals surface area contributed by atoms with Gasteiger partial charge in [-0.3, -0.25) is 4.98 Å². The Morgan fingerprint density at radius 1 is 1.03 bits per heavy atom. The van der Waals surface area contributed by atoms with E-state index in [-0.39, 0.29) is 11.1 Å². The lowest BCUT2D eigenvalue weighted by atomic mass is 10.1. The molecule has 1 N–H and O–H groups in total. The van der Waals surface area contributed by atoms with Crippen molar-refractivity contribution in [3.05, 3.63) is 72.3 Å². The topological polar surface area (TPSA) is 89.7 Å². The molecule has 0 saturated carbocycles. The van der Waals surface area contributed by atoms with Gasteiger partial charge in [0.05, 0.1) is 32.2 Å². The van der Waals surface area contributed by atoms with Crippen molar-refractivity contribution in [2.24, 2.45) is 0 Å². The molecule has 0 spiro atoms. The summed E-state index contributed by atoms with van der Waals surface area (Å²) in [5, 5.41) is 8.75. The van der Waals surface area contributed by atoms with E-state index in [0.29, 0.717) is 48.0 Å². The molecule has 0 unspecified atom stereocenters. The Bertz CT molecular complexity index is 1580. The number of methoxy groups -OCH3 is 1. The number of fused-ring (bicyclic) bond motifs is 2. The fraction of sp³-hybridized carbons (Fsp3) is 0.259. The number of nitrogens with zero attached hydrogens (tertiary/aromatic N) is 6. The molecule has 1 saturated heterocycles. The number of rotatable bonds is 7. The monoisotopic (exact) mass is 517 g/mol. The molecule has 1 aliphatic rings. The Hall–Kier alpha value is -4.38. The molecule has 1 aliphatic heterocycles. The van der Waals surface area contributed by atoms with Crippen molar-refractivity contribution < 1.29 is 18.3 Å². The summed E-state index contributed by atoms with van der Waals surface area (Å²) in [4.78, 5) is 15.3. The summed E-state index contributed by atoms with van der Waals surface area (Å²) >= 11 is 0. The maximum Gasteiger partial charge on any atom is 0.281 e. The molecule has 38 heavy (non-hydrogen) atoms. The molecule has 0 amide bonds. The number of benzene rings is 1. The largest absolute Gasteiger partial charge is 0.497 e. The molecule has 194 valence electrons. The lowest BCUT2D eigenvalue weighted by molar-refractivity contribution is 0.122. The molecule has 1 aromatic carbocycles. The van der Waals surface area contributed by atoms with Crippen molar-refractivity contribution in [3.8, 4) is 17.1 Å². The fourth-order valence-corrected chi connectivity index (χ4v) is 4.54. The highest BCUT2D eigenvalue weighted by atomic mass is 19.3. The van der Waals surface area contributed by atoms with Crippen LogP contribution in [-0.2, 0) is 11.3 Å².